The Morgan fingerprint density at radius 3 is 2.34 bits per heavy atom. The minimum Gasteiger partial charge on any atom is -0.451 e. The Bertz CT molecular complexity index is 1040. The second kappa shape index (κ2) is 8.83. The van der Waals surface area contributed by atoms with Crippen LogP contribution in [0, 0.1) is 10.1 Å². The van der Waals surface area contributed by atoms with Crippen LogP contribution in [-0.2, 0) is 4.79 Å². The molecule has 0 fully saturated rings. The van der Waals surface area contributed by atoms with E-state index in [1.54, 1.807) is 42.5 Å². The van der Waals surface area contributed by atoms with Gasteiger partial charge in [0.2, 0.25) is 5.91 Å². The molecule has 0 unspecified atom stereocenters. The first kappa shape index (κ1) is 19.8. The molecular formula is C21H19N3O5. The molecule has 2 aromatic carbocycles. The van der Waals surface area contributed by atoms with Crippen molar-refractivity contribution in [3.05, 3.63) is 76.5 Å². The molecule has 29 heavy (non-hydrogen) atoms. The zero-order valence-electron chi connectivity index (χ0n) is 15.7. The van der Waals surface area contributed by atoms with Gasteiger partial charge in [-0.25, -0.2) is 0 Å². The molecule has 0 radical (unpaired) electrons. The maximum Gasteiger partial charge on any atom is 0.291 e. The van der Waals surface area contributed by atoms with Crippen molar-refractivity contribution in [1.82, 2.24) is 0 Å². The number of non-ortho nitro benzene ring substituents is 1. The zero-order chi connectivity index (χ0) is 20.8. The van der Waals surface area contributed by atoms with Gasteiger partial charge in [-0.15, -0.1) is 0 Å². The Kier molecular flexibility index (Phi) is 6.03. The van der Waals surface area contributed by atoms with Gasteiger partial charge in [-0.05, 0) is 48.9 Å². The first-order chi connectivity index (χ1) is 14.0. The highest BCUT2D eigenvalue weighted by Crippen LogP contribution is 2.25. The summed E-state index contributed by atoms with van der Waals surface area (Å²) in [6.07, 6.45) is 1.17. The summed E-state index contributed by atoms with van der Waals surface area (Å²) in [7, 11) is 0. The number of anilines is 2. The van der Waals surface area contributed by atoms with Crippen molar-refractivity contribution in [1.29, 1.82) is 0 Å². The van der Waals surface area contributed by atoms with Crippen molar-refractivity contribution in [3.8, 4) is 11.3 Å². The Morgan fingerprint density at radius 2 is 1.69 bits per heavy atom. The average Bonchev–Trinajstić information content (AvgIpc) is 3.19. The van der Waals surface area contributed by atoms with E-state index < -0.39 is 10.8 Å². The molecule has 0 saturated carbocycles. The van der Waals surface area contributed by atoms with Crippen LogP contribution in [0.15, 0.2) is 65.1 Å². The van der Waals surface area contributed by atoms with Crippen molar-refractivity contribution >= 4 is 28.9 Å². The summed E-state index contributed by atoms with van der Waals surface area (Å²) < 4.78 is 5.58. The topological polar surface area (TPSA) is 114 Å². The Morgan fingerprint density at radius 1 is 1.00 bits per heavy atom. The van der Waals surface area contributed by atoms with E-state index in [2.05, 4.69) is 10.6 Å². The molecule has 0 aliphatic carbocycles. The van der Waals surface area contributed by atoms with Crippen LogP contribution in [0.2, 0.25) is 0 Å². The molecule has 0 bridgehead atoms. The SMILES string of the molecule is CCCC(=O)Nc1cccc(NC(=O)c2ccc(-c3ccc([N+](=O)[O-])cc3)o2)c1. The Hall–Kier alpha value is -3.94. The molecule has 8 nitrogen and oxygen atoms in total. The minimum atomic E-state index is -0.483. The molecule has 0 atom stereocenters. The highest BCUT2D eigenvalue weighted by atomic mass is 16.6. The predicted octanol–water partition coefficient (Wildman–Crippen LogP) is 4.85. The highest BCUT2D eigenvalue weighted by molar-refractivity contribution is 6.03. The van der Waals surface area contributed by atoms with Crippen molar-refractivity contribution in [2.75, 3.05) is 10.6 Å². The largest absolute Gasteiger partial charge is 0.451 e. The molecule has 0 spiro atoms. The van der Waals surface area contributed by atoms with Crippen LogP contribution in [-0.4, -0.2) is 16.7 Å². The number of rotatable bonds is 7. The van der Waals surface area contributed by atoms with Gasteiger partial charge in [0, 0.05) is 35.5 Å². The number of carbonyl (C=O) groups excluding carboxylic acids is 2. The predicted molar refractivity (Wildman–Crippen MR) is 109 cm³/mol. The van der Waals surface area contributed by atoms with Crippen molar-refractivity contribution < 1.29 is 18.9 Å². The second-order valence-electron chi connectivity index (χ2n) is 6.30. The van der Waals surface area contributed by atoms with Crippen LogP contribution in [0.1, 0.15) is 30.3 Å². The Labute approximate surface area is 166 Å². The van der Waals surface area contributed by atoms with E-state index in [0.717, 1.165) is 6.42 Å². The van der Waals surface area contributed by atoms with E-state index in [1.807, 2.05) is 6.92 Å². The molecule has 2 N–H and O–H groups in total. The summed E-state index contributed by atoms with van der Waals surface area (Å²) in [5.41, 5.74) is 1.70. The van der Waals surface area contributed by atoms with E-state index in [4.69, 9.17) is 4.42 Å². The quantitative estimate of drug-likeness (QED) is 0.440. The number of amides is 2. The van der Waals surface area contributed by atoms with E-state index in [9.17, 15) is 19.7 Å². The number of benzene rings is 2. The molecule has 3 rings (SSSR count). The summed E-state index contributed by atoms with van der Waals surface area (Å²) in [5, 5.41) is 16.2. The lowest BCUT2D eigenvalue weighted by molar-refractivity contribution is -0.384. The van der Waals surface area contributed by atoms with Crippen molar-refractivity contribution in [2.24, 2.45) is 0 Å². The average molecular weight is 393 g/mol. The number of carbonyl (C=O) groups is 2. The molecule has 1 aromatic heterocycles. The highest BCUT2D eigenvalue weighted by Gasteiger charge is 2.14. The Balaban J connectivity index is 1.69. The van der Waals surface area contributed by atoms with Gasteiger partial charge in [-0.2, -0.15) is 0 Å². The van der Waals surface area contributed by atoms with Crippen LogP contribution in [0.3, 0.4) is 0 Å². The lowest BCUT2D eigenvalue weighted by Gasteiger charge is -2.08. The third-order valence-corrected chi connectivity index (χ3v) is 4.07. The van der Waals surface area contributed by atoms with Gasteiger partial charge >= 0.3 is 0 Å². The molecule has 0 aliphatic rings. The monoisotopic (exact) mass is 393 g/mol. The number of nitrogens with one attached hydrogen (secondary N) is 2. The summed E-state index contributed by atoms with van der Waals surface area (Å²) in [5.74, 6) is -0.0191. The van der Waals surface area contributed by atoms with Crippen LogP contribution >= 0.6 is 0 Å². The maximum absolute atomic E-state index is 12.5. The molecule has 1 heterocycles. The summed E-state index contributed by atoms with van der Waals surface area (Å²) in [6.45, 7) is 1.92. The summed E-state index contributed by atoms with van der Waals surface area (Å²) >= 11 is 0. The van der Waals surface area contributed by atoms with E-state index in [0.29, 0.717) is 29.1 Å². The molecule has 8 heteroatoms. The van der Waals surface area contributed by atoms with Gasteiger partial charge in [0.25, 0.3) is 11.6 Å². The van der Waals surface area contributed by atoms with E-state index in [-0.39, 0.29) is 17.4 Å². The molecule has 2 amide bonds. The third-order valence-electron chi connectivity index (χ3n) is 4.07. The molecule has 0 aliphatic heterocycles. The molecular weight excluding hydrogens is 374 g/mol. The van der Waals surface area contributed by atoms with Crippen molar-refractivity contribution in [3.63, 3.8) is 0 Å². The van der Waals surface area contributed by atoms with Gasteiger partial charge < -0.3 is 15.1 Å². The fourth-order valence-corrected chi connectivity index (χ4v) is 2.68. The standard InChI is InChI=1S/C21H19N3O5/c1-2-4-20(25)22-15-5-3-6-16(13-15)23-21(26)19-12-11-18(29-19)14-7-9-17(10-8-14)24(27)28/h3,5-13H,2,4H2,1H3,(H,22,25)(H,23,26). The van der Waals surface area contributed by atoms with Crippen LogP contribution in [0.25, 0.3) is 11.3 Å². The fraction of sp³-hybridized carbons (Fsp3) is 0.143. The maximum atomic E-state index is 12.5. The number of furan rings is 1. The number of hydrogen-bond donors (Lipinski definition) is 2. The molecule has 0 saturated heterocycles. The van der Waals surface area contributed by atoms with Crippen molar-refractivity contribution in [2.45, 2.75) is 19.8 Å². The number of nitro benzene ring substituents is 1. The zero-order valence-corrected chi connectivity index (χ0v) is 15.7. The molecule has 3 aromatic rings. The smallest absolute Gasteiger partial charge is 0.291 e. The van der Waals surface area contributed by atoms with Gasteiger partial charge in [0.05, 0.1) is 4.92 Å². The second-order valence-corrected chi connectivity index (χ2v) is 6.30. The third kappa shape index (κ3) is 5.07. The van der Waals surface area contributed by atoms with Gasteiger partial charge in [0.15, 0.2) is 5.76 Å². The van der Waals surface area contributed by atoms with Crippen LogP contribution in [0.4, 0.5) is 17.1 Å². The summed E-state index contributed by atoms with van der Waals surface area (Å²) in [4.78, 5) is 34.4. The lowest BCUT2D eigenvalue weighted by Crippen LogP contribution is -2.13. The number of nitro groups is 1. The first-order valence-corrected chi connectivity index (χ1v) is 9.02. The van der Waals surface area contributed by atoms with Gasteiger partial charge in [-0.3, -0.25) is 19.7 Å². The summed E-state index contributed by atoms with van der Waals surface area (Å²) in [6, 6.07) is 15.8. The lowest BCUT2D eigenvalue weighted by atomic mass is 10.1. The first-order valence-electron chi connectivity index (χ1n) is 9.02. The fourth-order valence-electron chi connectivity index (χ4n) is 2.68. The van der Waals surface area contributed by atoms with E-state index >= 15 is 0 Å². The number of hydrogen-bond acceptors (Lipinski definition) is 5. The van der Waals surface area contributed by atoms with E-state index in [1.165, 1.54) is 18.2 Å². The number of nitrogens with zero attached hydrogens (tertiary/aromatic N) is 1. The van der Waals surface area contributed by atoms with Gasteiger partial charge in [0.1, 0.15) is 5.76 Å². The van der Waals surface area contributed by atoms with Gasteiger partial charge in [-0.1, -0.05) is 13.0 Å². The van der Waals surface area contributed by atoms with Crippen LogP contribution in [0.5, 0.6) is 0 Å². The molecule has 148 valence electrons. The van der Waals surface area contributed by atoms with Crippen LogP contribution < -0.4 is 10.6 Å². The minimum absolute atomic E-state index is 0.0239. The normalized spacial score (nSPS) is 10.4.